The highest BCUT2D eigenvalue weighted by Crippen LogP contribution is 2.49. The predicted octanol–water partition coefficient (Wildman–Crippen LogP) is 6.63. The van der Waals surface area contributed by atoms with E-state index in [4.69, 9.17) is 0 Å². The van der Waals surface area contributed by atoms with Crippen LogP contribution >= 0.6 is 0 Å². The van der Waals surface area contributed by atoms with Gasteiger partial charge in [-0.2, -0.15) is 13.2 Å². The Morgan fingerprint density at radius 3 is 2.06 bits per heavy atom. The number of carbonyl (C=O) groups excluding carboxylic acids is 1. The summed E-state index contributed by atoms with van der Waals surface area (Å²) in [4.78, 5) is 12.0. The van der Waals surface area contributed by atoms with Gasteiger partial charge in [-0.3, -0.25) is 5.32 Å². The van der Waals surface area contributed by atoms with Crippen LogP contribution in [0, 0.1) is 41.4 Å². The molecular weight excluding hydrogens is 413 g/mol. The van der Waals surface area contributed by atoms with Gasteiger partial charge in [-0.15, -0.1) is 0 Å². The summed E-state index contributed by atoms with van der Waals surface area (Å²) >= 11 is 0. The summed E-state index contributed by atoms with van der Waals surface area (Å²) < 4.78 is 69.6. The largest absolute Gasteiger partial charge is 0.404 e. The highest BCUT2D eigenvalue weighted by atomic mass is 19.4. The van der Waals surface area contributed by atoms with Crippen molar-refractivity contribution >= 4 is 6.29 Å². The molecule has 3 aliphatic rings. The van der Waals surface area contributed by atoms with E-state index in [0.717, 1.165) is 57.8 Å². The molecule has 0 aromatic rings. The lowest BCUT2D eigenvalue weighted by molar-refractivity contribution is -0.197. The average molecular weight is 452 g/mol. The zero-order valence-electron chi connectivity index (χ0n) is 18.7. The van der Waals surface area contributed by atoms with Crippen molar-refractivity contribution in [1.82, 2.24) is 5.32 Å². The monoisotopic (exact) mass is 451 g/mol. The molecule has 0 aromatic carbocycles. The maximum Gasteiger partial charge on any atom is 0.404 e. The highest BCUT2D eigenvalue weighted by Gasteiger charge is 2.57. The quantitative estimate of drug-likeness (QED) is 0.363. The number of alkyl halides is 5. The van der Waals surface area contributed by atoms with E-state index in [0.29, 0.717) is 24.5 Å². The molecule has 1 saturated heterocycles. The van der Waals surface area contributed by atoms with E-state index in [1.165, 1.54) is 0 Å². The first kappa shape index (κ1) is 24.9. The molecule has 2 nitrogen and oxygen atoms in total. The Morgan fingerprint density at radius 1 is 0.968 bits per heavy atom. The van der Waals surface area contributed by atoms with Crippen molar-refractivity contribution in [3.8, 4) is 0 Å². The Labute approximate surface area is 183 Å². The Balaban J connectivity index is 1.87. The zero-order valence-corrected chi connectivity index (χ0v) is 18.7. The van der Waals surface area contributed by atoms with Gasteiger partial charge in [0, 0.05) is 5.92 Å². The van der Waals surface area contributed by atoms with Gasteiger partial charge < -0.3 is 4.79 Å². The molecule has 0 bridgehead atoms. The van der Waals surface area contributed by atoms with Crippen molar-refractivity contribution in [3.05, 3.63) is 0 Å². The van der Waals surface area contributed by atoms with E-state index >= 15 is 0 Å². The predicted molar refractivity (Wildman–Crippen MR) is 111 cm³/mol. The van der Waals surface area contributed by atoms with Crippen LogP contribution in [0.25, 0.3) is 0 Å². The summed E-state index contributed by atoms with van der Waals surface area (Å²) in [6.45, 7) is 4.40. The Kier molecular flexibility index (Phi) is 8.42. The SMILES string of the molecule is CC(C)C1CCC(CC2C(C(F)F)NC(C(F)(F)F)C(C=O)C2C2CCCCC2)CC1. The van der Waals surface area contributed by atoms with E-state index in [1.54, 1.807) is 0 Å². The Bertz CT molecular complexity index is 567. The molecule has 0 radical (unpaired) electrons. The number of aldehydes is 1. The lowest BCUT2D eigenvalue weighted by Crippen LogP contribution is -2.65. The first-order valence-electron chi connectivity index (χ1n) is 12.2. The van der Waals surface area contributed by atoms with Gasteiger partial charge in [0.05, 0.1) is 6.04 Å². The minimum Gasteiger partial charge on any atom is -0.303 e. The molecule has 5 unspecified atom stereocenters. The van der Waals surface area contributed by atoms with Crippen molar-refractivity contribution in [1.29, 1.82) is 0 Å². The summed E-state index contributed by atoms with van der Waals surface area (Å²) in [5.74, 6) is -1.08. The first-order chi connectivity index (χ1) is 14.6. The smallest absolute Gasteiger partial charge is 0.303 e. The van der Waals surface area contributed by atoms with Gasteiger partial charge in [0.1, 0.15) is 12.3 Å². The second-order valence-corrected chi connectivity index (χ2v) is 10.7. The fourth-order valence-electron chi connectivity index (χ4n) is 6.89. The summed E-state index contributed by atoms with van der Waals surface area (Å²) in [5.41, 5.74) is 0. The minimum absolute atomic E-state index is 0.0749. The fourth-order valence-corrected chi connectivity index (χ4v) is 6.89. The number of halogens is 5. The van der Waals surface area contributed by atoms with Crippen LogP contribution in [0.5, 0.6) is 0 Å². The number of rotatable bonds is 6. The van der Waals surface area contributed by atoms with Gasteiger partial charge in [0.25, 0.3) is 6.43 Å². The normalized spacial score (nSPS) is 38.5. The lowest BCUT2D eigenvalue weighted by Gasteiger charge is -2.51. The second kappa shape index (κ2) is 10.5. The number of piperidine rings is 1. The topological polar surface area (TPSA) is 29.1 Å². The van der Waals surface area contributed by atoms with Gasteiger partial charge in [-0.1, -0.05) is 58.8 Å². The highest BCUT2D eigenvalue weighted by molar-refractivity contribution is 5.56. The van der Waals surface area contributed by atoms with Gasteiger partial charge in [-0.05, 0) is 54.8 Å². The van der Waals surface area contributed by atoms with Crippen molar-refractivity contribution in [2.75, 3.05) is 0 Å². The van der Waals surface area contributed by atoms with Crippen LogP contribution in [-0.2, 0) is 4.79 Å². The minimum atomic E-state index is -4.72. The maximum atomic E-state index is 14.1. The summed E-state index contributed by atoms with van der Waals surface area (Å²) in [6, 6.07) is -3.68. The molecule has 5 atom stereocenters. The zero-order chi connectivity index (χ0) is 22.8. The van der Waals surface area contributed by atoms with Crippen LogP contribution in [0.3, 0.4) is 0 Å². The Morgan fingerprint density at radius 2 is 1.58 bits per heavy atom. The van der Waals surface area contributed by atoms with Crippen LogP contribution in [0.15, 0.2) is 0 Å². The molecule has 31 heavy (non-hydrogen) atoms. The number of hydrogen-bond donors (Lipinski definition) is 1. The van der Waals surface area contributed by atoms with Crippen LogP contribution in [-0.4, -0.2) is 31.0 Å². The molecule has 3 fully saturated rings. The molecule has 1 N–H and O–H groups in total. The molecule has 180 valence electrons. The number of hydrogen-bond acceptors (Lipinski definition) is 2. The second-order valence-electron chi connectivity index (χ2n) is 10.7. The summed E-state index contributed by atoms with van der Waals surface area (Å²) in [5, 5.41) is 2.22. The third-order valence-corrected chi connectivity index (χ3v) is 8.57. The standard InChI is InChI=1S/C24H38F5NO/c1-14(2)16-10-8-15(9-11-16)12-18-20(17-6-4-3-5-7-17)19(13-31)22(24(27,28)29)30-21(18)23(25)26/h13-23,30H,3-12H2,1-2H3. The van der Waals surface area contributed by atoms with E-state index < -0.39 is 42.4 Å². The summed E-state index contributed by atoms with van der Waals surface area (Å²) in [7, 11) is 0. The molecule has 0 amide bonds. The molecule has 3 rings (SSSR count). The van der Waals surface area contributed by atoms with Gasteiger partial charge in [0.2, 0.25) is 0 Å². The Hall–Kier alpha value is -0.720. The van der Waals surface area contributed by atoms with E-state index in [2.05, 4.69) is 19.2 Å². The molecule has 0 aromatic heterocycles. The van der Waals surface area contributed by atoms with Crippen LogP contribution < -0.4 is 5.32 Å². The first-order valence-corrected chi connectivity index (χ1v) is 12.2. The molecule has 1 aliphatic heterocycles. The molecular formula is C24H38F5NO. The van der Waals surface area contributed by atoms with Gasteiger partial charge in [0.15, 0.2) is 0 Å². The molecule has 2 saturated carbocycles. The molecule has 1 heterocycles. The van der Waals surface area contributed by atoms with E-state index in [9.17, 15) is 26.7 Å². The van der Waals surface area contributed by atoms with Crippen LogP contribution in [0.4, 0.5) is 22.0 Å². The molecule has 0 spiro atoms. The third kappa shape index (κ3) is 5.80. The third-order valence-electron chi connectivity index (χ3n) is 8.57. The molecule has 2 aliphatic carbocycles. The lowest BCUT2D eigenvalue weighted by atomic mass is 9.60. The average Bonchev–Trinajstić information content (AvgIpc) is 2.73. The van der Waals surface area contributed by atoms with Crippen LogP contribution in [0.1, 0.15) is 78.1 Å². The van der Waals surface area contributed by atoms with Gasteiger partial charge in [-0.25, -0.2) is 8.78 Å². The van der Waals surface area contributed by atoms with E-state index in [-0.39, 0.29) is 11.8 Å². The fraction of sp³-hybridized carbons (Fsp3) is 0.958. The number of nitrogens with one attached hydrogen (secondary N) is 1. The van der Waals surface area contributed by atoms with Gasteiger partial charge >= 0.3 is 6.18 Å². The maximum absolute atomic E-state index is 14.1. The number of carbonyl (C=O) groups is 1. The molecule has 7 heteroatoms. The van der Waals surface area contributed by atoms with Crippen molar-refractivity contribution in [3.63, 3.8) is 0 Å². The van der Waals surface area contributed by atoms with Crippen molar-refractivity contribution in [2.45, 2.75) is 103 Å². The van der Waals surface area contributed by atoms with Crippen LogP contribution in [0.2, 0.25) is 0 Å². The van der Waals surface area contributed by atoms with Crippen molar-refractivity contribution < 1.29 is 26.7 Å². The summed E-state index contributed by atoms with van der Waals surface area (Å²) in [6.07, 6.45) is 1.64. The van der Waals surface area contributed by atoms with Crippen molar-refractivity contribution in [2.24, 2.45) is 41.4 Å². The van der Waals surface area contributed by atoms with E-state index in [1.807, 2.05) is 0 Å².